The molecule has 1 aromatic heterocycles. The summed E-state index contributed by atoms with van der Waals surface area (Å²) in [6, 6.07) is 17.8. The van der Waals surface area contributed by atoms with E-state index in [0.717, 1.165) is 22.9 Å². The normalized spacial score (nSPS) is 18.0. The number of nitrogens with two attached hydrogens (primary N) is 1. The number of fused-ring (bicyclic) bond motifs is 1. The lowest BCUT2D eigenvalue weighted by atomic mass is 10.0. The van der Waals surface area contributed by atoms with Gasteiger partial charge in [0.05, 0.1) is 0 Å². The molecular formula is C49H61N9O8. The molecule has 2 saturated heterocycles. The molecule has 66 heavy (non-hydrogen) atoms. The van der Waals surface area contributed by atoms with Crippen molar-refractivity contribution in [1.29, 1.82) is 0 Å². The zero-order chi connectivity index (χ0) is 47.3. The van der Waals surface area contributed by atoms with Crippen molar-refractivity contribution in [3.05, 3.63) is 108 Å². The highest BCUT2D eigenvalue weighted by Gasteiger charge is 2.44. The van der Waals surface area contributed by atoms with Crippen molar-refractivity contribution in [2.45, 2.75) is 121 Å². The first-order valence-electron chi connectivity index (χ1n) is 22.8. The van der Waals surface area contributed by atoms with Crippen LogP contribution >= 0.6 is 0 Å². The molecule has 0 radical (unpaired) electrons. The van der Waals surface area contributed by atoms with E-state index in [0.29, 0.717) is 56.2 Å². The summed E-state index contributed by atoms with van der Waals surface area (Å²) in [6.45, 7) is 5.45. The van der Waals surface area contributed by atoms with E-state index in [4.69, 9.17) is 5.73 Å². The third kappa shape index (κ3) is 12.2. The first kappa shape index (κ1) is 48.4. The van der Waals surface area contributed by atoms with Gasteiger partial charge in [0.1, 0.15) is 42.3 Å². The minimum Gasteiger partial charge on any atom is -0.368 e. The SMILES string of the molecule is CCCCC(NC(=O)C1CCCN1C(=O)C1CCCN1C(=O)C(Cc1ccccc1)NC(=O)C(Cc1c[nH]c2ccccc12)NC(=O)C(C)NC(=O)C(C)NC(=O)c1ccccc1)C(N)=O. The van der Waals surface area contributed by atoms with Gasteiger partial charge in [0.15, 0.2) is 0 Å². The molecule has 17 heteroatoms. The maximum atomic E-state index is 14.8. The highest BCUT2D eigenvalue weighted by atomic mass is 16.2. The van der Waals surface area contributed by atoms with E-state index in [9.17, 15) is 38.4 Å². The number of hydrogen-bond acceptors (Lipinski definition) is 8. The van der Waals surface area contributed by atoms with Gasteiger partial charge in [0, 0.05) is 48.6 Å². The zero-order valence-corrected chi connectivity index (χ0v) is 37.7. The number of H-pyrrole nitrogens is 1. The Morgan fingerprint density at radius 1 is 0.667 bits per heavy atom. The largest absolute Gasteiger partial charge is 0.368 e. The summed E-state index contributed by atoms with van der Waals surface area (Å²) in [7, 11) is 0. The summed E-state index contributed by atoms with van der Waals surface area (Å²) in [6.07, 6.45) is 5.51. The van der Waals surface area contributed by atoms with Gasteiger partial charge in [-0.2, -0.15) is 0 Å². The van der Waals surface area contributed by atoms with E-state index in [1.54, 1.807) is 36.5 Å². The van der Waals surface area contributed by atoms with Crippen molar-refractivity contribution >= 4 is 58.2 Å². The fourth-order valence-electron chi connectivity index (χ4n) is 8.63. The highest BCUT2D eigenvalue weighted by Crippen LogP contribution is 2.27. The Labute approximate surface area is 384 Å². The second-order valence-corrected chi connectivity index (χ2v) is 17.2. The predicted molar refractivity (Wildman–Crippen MR) is 247 cm³/mol. The van der Waals surface area contributed by atoms with Crippen LogP contribution in [0.3, 0.4) is 0 Å². The van der Waals surface area contributed by atoms with Crippen LogP contribution in [0.2, 0.25) is 0 Å². The molecule has 2 aliphatic heterocycles. The van der Waals surface area contributed by atoms with Gasteiger partial charge in [-0.15, -0.1) is 0 Å². The van der Waals surface area contributed by atoms with Crippen LogP contribution in [0, 0.1) is 0 Å². The number of aromatic nitrogens is 1. The molecular weight excluding hydrogens is 843 g/mol. The van der Waals surface area contributed by atoms with E-state index in [1.165, 1.54) is 23.6 Å². The molecule has 3 heterocycles. The van der Waals surface area contributed by atoms with Crippen LogP contribution in [-0.4, -0.2) is 117 Å². The lowest BCUT2D eigenvalue weighted by Crippen LogP contribution is -2.60. The summed E-state index contributed by atoms with van der Waals surface area (Å²) in [5.74, 6) is -4.43. The summed E-state index contributed by atoms with van der Waals surface area (Å²) in [5, 5.41) is 14.5. The van der Waals surface area contributed by atoms with E-state index in [-0.39, 0.29) is 25.3 Å². The number of primary amides is 1. The molecule has 17 nitrogen and oxygen atoms in total. The van der Waals surface area contributed by atoms with E-state index in [2.05, 4.69) is 31.6 Å². The molecule has 0 bridgehead atoms. The lowest BCUT2D eigenvalue weighted by Gasteiger charge is -2.33. The van der Waals surface area contributed by atoms with Crippen LogP contribution in [0.1, 0.15) is 87.2 Å². The molecule has 350 valence electrons. The van der Waals surface area contributed by atoms with Gasteiger partial charge in [-0.1, -0.05) is 86.5 Å². The molecule has 8 N–H and O–H groups in total. The summed E-state index contributed by atoms with van der Waals surface area (Å²) >= 11 is 0. The van der Waals surface area contributed by atoms with Crippen LogP contribution in [-0.2, 0) is 46.4 Å². The Bertz CT molecular complexity index is 2370. The van der Waals surface area contributed by atoms with Crippen LogP contribution in [0.15, 0.2) is 91.1 Å². The van der Waals surface area contributed by atoms with E-state index < -0.39 is 83.6 Å². The third-order valence-electron chi connectivity index (χ3n) is 12.3. The minimum absolute atomic E-state index is 0.0102. The monoisotopic (exact) mass is 903 g/mol. The van der Waals surface area contributed by atoms with Crippen LogP contribution in [0.4, 0.5) is 0 Å². The number of aromatic amines is 1. The van der Waals surface area contributed by atoms with Crippen LogP contribution < -0.4 is 32.3 Å². The van der Waals surface area contributed by atoms with Crippen LogP contribution in [0.5, 0.6) is 0 Å². The number of carbonyl (C=O) groups is 8. The first-order valence-corrected chi connectivity index (χ1v) is 22.8. The zero-order valence-electron chi connectivity index (χ0n) is 37.7. The Hall–Kier alpha value is -7.04. The van der Waals surface area contributed by atoms with Gasteiger partial charge in [0.25, 0.3) is 5.91 Å². The molecule has 0 aliphatic carbocycles. The van der Waals surface area contributed by atoms with Crippen molar-refractivity contribution in [1.82, 2.24) is 41.4 Å². The fraction of sp³-hybridized carbons (Fsp3) is 0.429. The molecule has 2 aliphatic rings. The molecule has 0 spiro atoms. The molecule has 8 amide bonds. The molecule has 6 rings (SSSR count). The smallest absolute Gasteiger partial charge is 0.251 e. The second-order valence-electron chi connectivity index (χ2n) is 17.2. The van der Waals surface area contributed by atoms with Gasteiger partial charge >= 0.3 is 0 Å². The Kier molecular flexibility index (Phi) is 16.7. The van der Waals surface area contributed by atoms with Crippen molar-refractivity contribution in [3.8, 4) is 0 Å². The molecule has 7 atom stereocenters. The number of carbonyl (C=O) groups excluding carboxylic acids is 8. The number of rotatable bonds is 20. The van der Waals surface area contributed by atoms with Crippen molar-refractivity contribution in [2.75, 3.05) is 13.1 Å². The van der Waals surface area contributed by atoms with Gasteiger partial charge in [-0.3, -0.25) is 38.4 Å². The van der Waals surface area contributed by atoms with Gasteiger partial charge in [-0.05, 0) is 75.3 Å². The number of para-hydroxylation sites is 1. The van der Waals surface area contributed by atoms with E-state index >= 15 is 0 Å². The number of nitrogens with zero attached hydrogens (tertiary/aromatic N) is 2. The van der Waals surface area contributed by atoms with Crippen molar-refractivity contribution in [3.63, 3.8) is 0 Å². The maximum absolute atomic E-state index is 14.8. The Morgan fingerprint density at radius 2 is 1.27 bits per heavy atom. The molecule has 7 unspecified atom stereocenters. The Balaban J connectivity index is 1.20. The van der Waals surface area contributed by atoms with Gasteiger partial charge in [0.2, 0.25) is 41.4 Å². The molecule has 0 saturated carbocycles. The minimum atomic E-state index is -1.24. The van der Waals surface area contributed by atoms with Crippen molar-refractivity contribution in [2.24, 2.45) is 5.73 Å². The number of unbranched alkanes of at least 4 members (excludes halogenated alkanes) is 1. The molecule has 3 aromatic carbocycles. The lowest BCUT2D eigenvalue weighted by molar-refractivity contribution is -0.148. The Morgan fingerprint density at radius 3 is 1.97 bits per heavy atom. The number of likely N-dealkylation sites (tertiary alicyclic amines) is 2. The summed E-state index contributed by atoms with van der Waals surface area (Å²) in [5.41, 5.74) is 8.23. The van der Waals surface area contributed by atoms with Crippen molar-refractivity contribution < 1.29 is 38.4 Å². The molecule has 2 fully saturated rings. The average molecular weight is 904 g/mol. The first-order chi connectivity index (χ1) is 31.7. The predicted octanol–water partition coefficient (Wildman–Crippen LogP) is 2.39. The van der Waals surface area contributed by atoms with E-state index in [1.807, 2.05) is 61.5 Å². The van der Waals surface area contributed by atoms with Gasteiger partial charge < -0.3 is 47.1 Å². The maximum Gasteiger partial charge on any atom is 0.251 e. The highest BCUT2D eigenvalue weighted by molar-refractivity contribution is 6.00. The standard InChI is InChI=1S/C49H61N9O8/c1-4-5-21-37(42(50)59)54-47(64)40-23-14-25-57(40)49(66)41-24-15-26-58(41)48(65)39(27-32-16-8-6-9-17-32)56-46(63)38(28-34-29-51-36-22-13-12-20-35(34)36)55-44(61)31(3)52-43(60)30(2)53-45(62)33-18-10-7-11-19-33/h6-13,16-20,22,29-31,37-41,51H,4-5,14-15,21,23-28H2,1-3H3,(H2,50,59)(H,52,60)(H,53,62)(H,54,64)(H,55,61)(H,56,63). The van der Waals surface area contributed by atoms with Crippen LogP contribution in [0.25, 0.3) is 10.9 Å². The average Bonchev–Trinajstić information content (AvgIpc) is 4.11. The number of hydrogen-bond donors (Lipinski definition) is 7. The topological polar surface area (TPSA) is 245 Å². The molecule has 4 aromatic rings. The quantitative estimate of drug-likeness (QED) is 0.0693. The number of nitrogens with one attached hydrogen (secondary N) is 6. The van der Waals surface area contributed by atoms with Gasteiger partial charge in [-0.25, -0.2) is 0 Å². The number of amides is 8. The third-order valence-corrected chi connectivity index (χ3v) is 12.3. The fourth-order valence-corrected chi connectivity index (χ4v) is 8.63. The second kappa shape index (κ2) is 22.7. The number of benzene rings is 3. The summed E-state index contributed by atoms with van der Waals surface area (Å²) < 4.78 is 0. The summed E-state index contributed by atoms with van der Waals surface area (Å²) in [4.78, 5) is 115.